The Labute approximate surface area is 217 Å². The van der Waals surface area contributed by atoms with Crippen molar-refractivity contribution in [2.75, 3.05) is 36.4 Å². The molecule has 1 N–H and O–H groups in total. The Morgan fingerprint density at radius 2 is 1.95 bits per heavy atom. The third kappa shape index (κ3) is 4.54. The fourth-order valence-corrected chi connectivity index (χ4v) is 4.30. The van der Waals surface area contributed by atoms with Crippen molar-refractivity contribution in [1.29, 1.82) is 0 Å². The van der Waals surface area contributed by atoms with E-state index in [4.69, 9.17) is 9.72 Å². The number of imidazole rings is 1. The summed E-state index contributed by atoms with van der Waals surface area (Å²) in [6, 6.07) is 7.61. The lowest BCUT2D eigenvalue weighted by molar-refractivity contribution is -0.126. The van der Waals surface area contributed by atoms with Crippen LogP contribution in [0.5, 0.6) is 11.5 Å². The molecule has 0 atom stereocenters. The molecule has 5 aromatic rings. The van der Waals surface area contributed by atoms with Crippen LogP contribution < -0.4 is 15.0 Å². The average molecular weight is 509 g/mol. The lowest BCUT2D eigenvalue weighted by Crippen LogP contribution is -2.48. The summed E-state index contributed by atoms with van der Waals surface area (Å²) in [6.07, 6.45) is 9.64. The van der Waals surface area contributed by atoms with Gasteiger partial charge in [0.05, 0.1) is 12.4 Å². The van der Waals surface area contributed by atoms with Gasteiger partial charge in [0.2, 0.25) is 11.9 Å². The molecule has 5 heterocycles. The van der Waals surface area contributed by atoms with Gasteiger partial charge >= 0.3 is 0 Å². The van der Waals surface area contributed by atoms with Crippen molar-refractivity contribution in [3.05, 3.63) is 73.6 Å². The molecule has 0 radical (unpaired) electrons. The molecule has 1 aliphatic rings. The molecule has 6 rings (SSSR count). The van der Waals surface area contributed by atoms with E-state index in [2.05, 4.69) is 41.8 Å². The number of fused-ring (bicyclic) bond motifs is 2. The van der Waals surface area contributed by atoms with Crippen LogP contribution in [0, 0.1) is 6.92 Å². The van der Waals surface area contributed by atoms with Gasteiger partial charge in [-0.1, -0.05) is 6.58 Å². The first-order chi connectivity index (χ1) is 18.6. The summed E-state index contributed by atoms with van der Waals surface area (Å²) in [7, 11) is 0. The first-order valence-corrected chi connectivity index (χ1v) is 12.1. The van der Waals surface area contributed by atoms with Crippen LogP contribution in [0.1, 0.15) is 5.56 Å². The van der Waals surface area contributed by atoms with E-state index >= 15 is 0 Å². The number of carbonyl (C=O) groups excluding carboxylic acids is 1. The normalized spacial score (nSPS) is 13.6. The van der Waals surface area contributed by atoms with Crippen LogP contribution in [-0.2, 0) is 4.79 Å². The summed E-state index contributed by atoms with van der Waals surface area (Å²) < 4.78 is 7.73. The number of carbonyl (C=O) groups is 1. The third-order valence-corrected chi connectivity index (χ3v) is 6.31. The van der Waals surface area contributed by atoms with Crippen LogP contribution in [0.25, 0.3) is 16.7 Å². The van der Waals surface area contributed by atoms with E-state index < -0.39 is 0 Å². The van der Waals surface area contributed by atoms with Gasteiger partial charge in [0.1, 0.15) is 23.1 Å². The second-order valence-electron chi connectivity index (χ2n) is 8.77. The van der Waals surface area contributed by atoms with Crippen LogP contribution in [0.15, 0.2) is 68.0 Å². The van der Waals surface area contributed by atoms with Gasteiger partial charge < -0.3 is 19.9 Å². The minimum atomic E-state index is -0.0635. The minimum Gasteiger partial charge on any atom is -0.455 e. The van der Waals surface area contributed by atoms with Crippen molar-refractivity contribution >= 4 is 40.0 Å². The summed E-state index contributed by atoms with van der Waals surface area (Å²) in [5.41, 5.74) is 3.71. The highest BCUT2D eigenvalue weighted by Gasteiger charge is 2.22. The molecular weight excluding hydrogens is 484 g/mol. The number of amides is 1. The molecule has 12 heteroatoms. The standard InChI is InChI=1S/C26H24N10O2/c1-3-23(37)34-8-10-35(11-9-34)26-28-15-20-24(33-26)25(30-16-29-20)32-18-4-5-21(17(2)12-18)38-19-13-22-27-6-7-36(22)31-14-19/h3-7,12-16H,1,8-11H2,2H3,(H,29,30,32). The minimum absolute atomic E-state index is 0.0635. The van der Waals surface area contributed by atoms with Crippen molar-refractivity contribution < 1.29 is 9.53 Å². The van der Waals surface area contributed by atoms with Gasteiger partial charge in [-0.05, 0) is 36.8 Å². The molecule has 1 aromatic carbocycles. The lowest BCUT2D eigenvalue weighted by atomic mass is 10.2. The summed E-state index contributed by atoms with van der Waals surface area (Å²) in [4.78, 5) is 38.0. The summed E-state index contributed by atoms with van der Waals surface area (Å²) >= 11 is 0. The molecule has 0 aliphatic carbocycles. The smallest absolute Gasteiger partial charge is 0.246 e. The zero-order valence-corrected chi connectivity index (χ0v) is 20.7. The zero-order valence-electron chi connectivity index (χ0n) is 20.7. The van der Waals surface area contributed by atoms with Gasteiger partial charge in [-0.25, -0.2) is 29.4 Å². The molecular formula is C26H24N10O2. The Kier molecular flexibility index (Phi) is 5.96. The maximum atomic E-state index is 11.9. The fraction of sp³-hybridized carbons (Fsp3) is 0.192. The highest BCUT2D eigenvalue weighted by atomic mass is 16.5. The van der Waals surface area contributed by atoms with E-state index in [1.165, 1.54) is 12.4 Å². The molecule has 12 nitrogen and oxygen atoms in total. The van der Waals surface area contributed by atoms with Gasteiger partial charge in [-0.3, -0.25) is 4.79 Å². The lowest BCUT2D eigenvalue weighted by Gasteiger charge is -2.34. The van der Waals surface area contributed by atoms with E-state index in [1.54, 1.807) is 34.2 Å². The number of nitrogens with zero attached hydrogens (tertiary/aromatic N) is 9. The predicted molar refractivity (Wildman–Crippen MR) is 142 cm³/mol. The number of hydrogen-bond acceptors (Lipinski definition) is 10. The van der Waals surface area contributed by atoms with Gasteiger partial charge in [-0.2, -0.15) is 5.10 Å². The Balaban J connectivity index is 1.21. The molecule has 1 saturated heterocycles. The summed E-state index contributed by atoms with van der Waals surface area (Å²) in [5.74, 6) is 2.39. The van der Waals surface area contributed by atoms with Crippen LogP contribution in [-0.4, -0.2) is 71.5 Å². The number of aryl methyl sites for hydroxylation is 1. The second-order valence-corrected chi connectivity index (χ2v) is 8.77. The highest BCUT2D eigenvalue weighted by Crippen LogP contribution is 2.30. The van der Waals surface area contributed by atoms with E-state index in [9.17, 15) is 4.79 Å². The molecule has 0 saturated carbocycles. The molecule has 190 valence electrons. The number of piperazine rings is 1. The largest absolute Gasteiger partial charge is 0.455 e. The first kappa shape index (κ1) is 23.3. The molecule has 38 heavy (non-hydrogen) atoms. The molecule has 0 unspecified atom stereocenters. The Morgan fingerprint density at radius 3 is 2.76 bits per heavy atom. The maximum absolute atomic E-state index is 11.9. The van der Waals surface area contributed by atoms with Crippen LogP contribution >= 0.6 is 0 Å². The topological polar surface area (TPSA) is 127 Å². The van der Waals surface area contributed by atoms with Crippen LogP contribution in [0.2, 0.25) is 0 Å². The number of benzene rings is 1. The van der Waals surface area contributed by atoms with Gasteiger partial charge in [-0.15, -0.1) is 0 Å². The van der Waals surface area contributed by atoms with Crippen molar-refractivity contribution in [3.63, 3.8) is 0 Å². The second kappa shape index (κ2) is 9.73. The number of rotatable bonds is 6. The fourth-order valence-electron chi connectivity index (χ4n) is 4.30. The first-order valence-electron chi connectivity index (χ1n) is 12.1. The van der Waals surface area contributed by atoms with Gasteiger partial charge in [0.25, 0.3) is 0 Å². The maximum Gasteiger partial charge on any atom is 0.246 e. The molecule has 0 bridgehead atoms. The van der Waals surface area contributed by atoms with E-state index in [-0.39, 0.29) is 5.91 Å². The molecule has 1 fully saturated rings. The monoisotopic (exact) mass is 508 g/mol. The molecule has 4 aromatic heterocycles. The van der Waals surface area contributed by atoms with Gasteiger partial charge in [0, 0.05) is 50.3 Å². The quantitative estimate of drug-likeness (QED) is 0.342. The van der Waals surface area contributed by atoms with Gasteiger partial charge in [0.15, 0.2) is 17.2 Å². The summed E-state index contributed by atoms with van der Waals surface area (Å²) in [5, 5.41) is 7.65. The van der Waals surface area contributed by atoms with E-state index in [1.807, 2.05) is 31.2 Å². The Hall–Kier alpha value is -5.13. The number of hydrogen-bond donors (Lipinski definition) is 1. The number of aromatic nitrogens is 7. The third-order valence-electron chi connectivity index (χ3n) is 6.31. The average Bonchev–Trinajstić information content (AvgIpc) is 3.42. The predicted octanol–water partition coefficient (Wildman–Crippen LogP) is 3.14. The van der Waals surface area contributed by atoms with Crippen molar-refractivity contribution in [3.8, 4) is 11.5 Å². The molecule has 1 amide bonds. The number of ether oxygens (including phenoxy) is 1. The van der Waals surface area contributed by atoms with Crippen molar-refractivity contribution in [2.24, 2.45) is 0 Å². The SMILES string of the molecule is C=CC(=O)N1CCN(c2ncc3ncnc(Nc4ccc(Oc5cnn6ccnc6c5)c(C)c4)c3n2)CC1. The number of nitrogens with one attached hydrogen (secondary N) is 1. The zero-order chi connectivity index (χ0) is 26.1. The molecule has 0 spiro atoms. The van der Waals surface area contributed by atoms with Crippen molar-refractivity contribution in [1.82, 2.24) is 39.4 Å². The summed E-state index contributed by atoms with van der Waals surface area (Å²) in [6.45, 7) is 7.97. The van der Waals surface area contributed by atoms with Crippen LogP contribution in [0.4, 0.5) is 17.5 Å². The van der Waals surface area contributed by atoms with Crippen molar-refractivity contribution in [2.45, 2.75) is 6.92 Å². The highest BCUT2D eigenvalue weighted by molar-refractivity contribution is 5.88. The number of anilines is 3. The van der Waals surface area contributed by atoms with E-state index in [0.29, 0.717) is 66.1 Å². The van der Waals surface area contributed by atoms with E-state index in [0.717, 1.165) is 11.3 Å². The molecule has 1 aliphatic heterocycles. The van der Waals surface area contributed by atoms with Crippen LogP contribution in [0.3, 0.4) is 0 Å². The Morgan fingerprint density at radius 1 is 1.08 bits per heavy atom. The Bertz CT molecular complexity index is 1660.